The maximum Gasteiger partial charge on any atom is 0.123 e. The van der Waals surface area contributed by atoms with Crippen molar-refractivity contribution in [1.82, 2.24) is 5.43 Å². The number of methoxy groups -OCH3 is 1. The third kappa shape index (κ3) is 4.06. The first-order valence-electron chi connectivity index (χ1n) is 7.30. The molecule has 3 heteroatoms. The van der Waals surface area contributed by atoms with E-state index in [9.17, 15) is 0 Å². The molecule has 3 nitrogen and oxygen atoms in total. The van der Waals surface area contributed by atoms with Gasteiger partial charge < -0.3 is 4.74 Å². The van der Waals surface area contributed by atoms with Crippen molar-refractivity contribution in [3.8, 4) is 5.75 Å². The largest absolute Gasteiger partial charge is 0.496 e. The number of aryl methyl sites for hydroxylation is 3. The quantitative estimate of drug-likeness (QED) is 0.631. The van der Waals surface area contributed by atoms with Crippen molar-refractivity contribution in [2.24, 2.45) is 5.84 Å². The molecule has 2 aromatic carbocycles. The lowest BCUT2D eigenvalue weighted by Crippen LogP contribution is -2.28. The summed E-state index contributed by atoms with van der Waals surface area (Å²) in [6.07, 6.45) is 1.91. The summed E-state index contributed by atoms with van der Waals surface area (Å²) in [5.41, 5.74) is 7.86. The minimum absolute atomic E-state index is 0.0844. The summed E-state index contributed by atoms with van der Waals surface area (Å²) in [5.74, 6) is 6.64. The van der Waals surface area contributed by atoms with Crippen molar-refractivity contribution in [1.29, 1.82) is 0 Å². The highest BCUT2D eigenvalue weighted by molar-refractivity contribution is 5.39. The topological polar surface area (TPSA) is 47.3 Å². The maximum atomic E-state index is 5.76. The predicted octanol–water partition coefficient (Wildman–Crippen LogP) is 3.45. The summed E-state index contributed by atoms with van der Waals surface area (Å²) in [5, 5.41) is 0. The number of ether oxygens (including phenoxy) is 1. The van der Waals surface area contributed by atoms with E-state index in [0.29, 0.717) is 0 Å². The van der Waals surface area contributed by atoms with Crippen LogP contribution in [0.4, 0.5) is 0 Å². The first-order valence-corrected chi connectivity index (χ1v) is 7.30. The van der Waals surface area contributed by atoms with E-state index in [1.807, 2.05) is 6.07 Å². The zero-order chi connectivity index (χ0) is 15.2. The lowest BCUT2D eigenvalue weighted by molar-refractivity contribution is 0.396. The fraction of sp³-hybridized carbons (Fsp3) is 0.333. The van der Waals surface area contributed by atoms with E-state index in [4.69, 9.17) is 10.6 Å². The lowest BCUT2D eigenvalue weighted by Gasteiger charge is -2.19. The molecular formula is C18H24N2O. The molecular weight excluding hydrogens is 260 g/mol. The van der Waals surface area contributed by atoms with Crippen LogP contribution in [0.5, 0.6) is 5.75 Å². The van der Waals surface area contributed by atoms with Gasteiger partial charge in [0.25, 0.3) is 0 Å². The fourth-order valence-corrected chi connectivity index (χ4v) is 2.52. The Morgan fingerprint density at radius 2 is 1.71 bits per heavy atom. The number of hydrogen-bond acceptors (Lipinski definition) is 3. The van der Waals surface area contributed by atoms with Crippen molar-refractivity contribution in [3.63, 3.8) is 0 Å². The average molecular weight is 284 g/mol. The summed E-state index contributed by atoms with van der Waals surface area (Å²) in [6.45, 7) is 4.18. The second-order valence-electron chi connectivity index (χ2n) is 5.49. The molecule has 1 unspecified atom stereocenters. The minimum atomic E-state index is 0.0844. The van der Waals surface area contributed by atoms with Crippen molar-refractivity contribution in [3.05, 3.63) is 64.7 Å². The molecule has 0 saturated heterocycles. The van der Waals surface area contributed by atoms with Crippen molar-refractivity contribution < 1.29 is 4.74 Å². The Labute approximate surface area is 127 Å². The van der Waals surface area contributed by atoms with Crippen molar-refractivity contribution >= 4 is 0 Å². The number of rotatable bonds is 6. The summed E-state index contributed by atoms with van der Waals surface area (Å²) < 4.78 is 5.46. The smallest absolute Gasteiger partial charge is 0.123 e. The summed E-state index contributed by atoms with van der Waals surface area (Å²) in [4.78, 5) is 0. The van der Waals surface area contributed by atoms with Crippen LogP contribution in [0.15, 0.2) is 42.5 Å². The molecule has 0 saturated carbocycles. The Morgan fingerprint density at radius 1 is 1.05 bits per heavy atom. The second kappa shape index (κ2) is 7.25. The van der Waals surface area contributed by atoms with Gasteiger partial charge in [0, 0.05) is 11.6 Å². The van der Waals surface area contributed by atoms with Gasteiger partial charge in [-0.05, 0) is 38.3 Å². The normalized spacial score (nSPS) is 12.2. The van der Waals surface area contributed by atoms with E-state index in [2.05, 4.69) is 55.7 Å². The molecule has 2 rings (SSSR count). The van der Waals surface area contributed by atoms with Gasteiger partial charge in [0.1, 0.15) is 5.75 Å². The van der Waals surface area contributed by atoms with Gasteiger partial charge in [-0.15, -0.1) is 0 Å². The molecule has 1 atom stereocenters. The van der Waals surface area contributed by atoms with Crippen LogP contribution >= 0.6 is 0 Å². The Kier molecular flexibility index (Phi) is 5.37. The maximum absolute atomic E-state index is 5.76. The molecule has 2 aromatic rings. The number of nitrogens with one attached hydrogen (secondary N) is 1. The first kappa shape index (κ1) is 15.5. The van der Waals surface area contributed by atoms with E-state index in [0.717, 1.165) is 24.2 Å². The monoisotopic (exact) mass is 284 g/mol. The summed E-state index contributed by atoms with van der Waals surface area (Å²) in [6, 6.07) is 14.9. The standard InChI is InChI=1S/C18H24N2O/c1-13-4-7-15(8-5-13)9-10-17(20-19)16-12-14(2)6-11-18(16)21-3/h4-8,11-12,17,20H,9-10,19H2,1-3H3. The fourth-order valence-electron chi connectivity index (χ4n) is 2.52. The molecule has 0 fully saturated rings. The van der Waals surface area contributed by atoms with Crippen LogP contribution in [-0.2, 0) is 6.42 Å². The molecule has 0 aliphatic heterocycles. The highest BCUT2D eigenvalue weighted by Crippen LogP contribution is 2.28. The number of benzene rings is 2. The van der Waals surface area contributed by atoms with Crippen LogP contribution in [0, 0.1) is 13.8 Å². The van der Waals surface area contributed by atoms with E-state index in [1.54, 1.807) is 7.11 Å². The van der Waals surface area contributed by atoms with Gasteiger partial charge >= 0.3 is 0 Å². The zero-order valence-corrected chi connectivity index (χ0v) is 13.0. The van der Waals surface area contributed by atoms with Gasteiger partial charge in [-0.3, -0.25) is 11.3 Å². The molecule has 3 N–H and O–H groups in total. The van der Waals surface area contributed by atoms with Crippen LogP contribution in [0.1, 0.15) is 34.7 Å². The Morgan fingerprint density at radius 3 is 2.33 bits per heavy atom. The number of hydrogen-bond donors (Lipinski definition) is 2. The van der Waals surface area contributed by atoms with Gasteiger partial charge in [0.15, 0.2) is 0 Å². The van der Waals surface area contributed by atoms with E-state index < -0.39 is 0 Å². The SMILES string of the molecule is COc1ccc(C)cc1C(CCc1ccc(C)cc1)NN. The Hall–Kier alpha value is -1.84. The molecule has 0 bridgehead atoms. The average Bonchev–Trinajstić information content (AvgIpc) is 2.50. The van der Waals surface area contributed by atoms with Gasteiger partial charge in [-0.2, -0.15) is 0 Å². The van der Waals surface area contributed by atoms with Gasteiger partial charge in [-0.1, -0.05) is 47.5 Å². The molecule has 0 spiro atoms. The third-order valence-electron chi connectivity index (χ3n) is 3.80. The molecule has 112 valence electrons. The van der Waals surface area contributed by atoms with E-state index >= 15 is 0 Å². The molecule has 0 aliphatic carbocycles. The molecule has 21 heavy (non-hydrogen) atoms. The van der Waals surface area contributed by atoms with Crippen LogP contribution in [-0.4, -0.2) is 7.11 Å². The lowest BCUT2D eigenvalue weighted by atomic mass is 9.97. The Balaban J connectivity index is 2.12. The van der Waals surface area contributed by atoms with Gasteiger partial charge in [0.05, 0.1) is 7.11 Å². The Bertz CT molecular complexity index is 578. The molecule has 0 amide bonds. The first-order chi connectivity index (χ1) is 10.1. The molecule has 0 radical (unpaired) electrons. The highest BCUT2D eigenvalue weighted by atomic mass is 16.5. The van der Waals surface area contributed by atoms with E-state index in [-0.39, 0.29) is 6.04 Å². The van der Waals surface area contributed by atoms with Crippen LogP contribution < -0.4 is 16.0 Å². The van der Waals surface area contributed by atoms with Crippen molar-refractivity contribution in [2.75, 3.05) is 7.11 Å². The van der Waals surface area contributed by atoms with Crippen LogP contribution in [0.3, 0.4) is 0 Å². The number of nitrogens with two attached hydrogens (primary N) is 1. The third-order valence-corrected chi connectivity index (χ3v) is 3.80. The van der Waals surface area contributed by atoms with Gasteiger partial charge in [-0.25, -0.2) is 0 Å². The summed E-state index contributed by atoms with van der Waals surface area (Å²) >= 11 is 0. The molecule has 0 aliphatic rings. The second-order valence-corrected chi connectivity index (χ2v) is 5.49. The number of hydrazine groups is 1. The predicted molar refractivity (Wildman–Crippen MR) is 87.3 cm³/mol. The van der Waals surface area contributed by atoms with Crippen LogP contribution in [0.2, 0.25) is 0 Å². The molecule has 0 heterocycles. The van der Waals surface area contributed by atoms with Crippen molar-refractivity contribution in [2.45, 2.75) is 32.7 Å². The highest BCUT2D eigenvalue weighted by Gasteiger charge is 2.15. The van der Waals surface area contributed by atoms with E-state index in [1.165, 1.54) is 16.7 Å². The minimum Gasteiger partial charge on any atom is -0.496 e. The van der Waals surface area contributed by atoms with Crippen LogP contribution in [0.25, 0.3) is 0 Å². The molecule has 0 aromatic heterocycles. The van der Waals surface area contributed by atoms with Gasteiger partial charge in [0.2, 0.25) is 0 Å². The summed E-state index contributed by atoms with van der Waals surface area (Å²) in [7, 11) is 1.70. The zero-order valence-electron chi connectivity index (χ0n) is 13.0.